The van der Waals surface area contributed by atoms with E-state index in [9.17, 15) is 14.7 Å². The van der Waals surface area contributed by atoms with Crippen LogP contribution in [0.25, 0.3) is 0 Å². The Morgan fingerprint density at radius 1 is 1.37 bits per heavy atom. The molecule has 0 spiro atoms. The van der Waals surface area contributed by atoms with Gasteiger partial charge in [0.15, 0.2) is 0 Å². The Balaban J connectivity index is 2.29. The number of hydrogen-bond acceptors (Lipinski definition) is 3. The van der Waals surface area contributed by atoms with Gasteiger partial charge >= 0.3 is 5.97 Å². The van der Waals surface area contributed by atoms with Crippen molar-refractivity contribution in [1.82, 2.24) is 9.88 Å². The molecule has 1 saturated heterocycles. The summed E-state index contributed by atoms with van der Waals surface area (Å²) in [7, 11) is 0. The van der Waals surface area contributed by atoms with E-state index in [0.29, 0.717) is 24.2 Å². The van der Waals surface area contributed by atoms with Gasteiger partial charge < -0.3 is 10.0 Å². The van der Waals surface area contributed by atoms with Crippen molar-refractivity contribution in [2.45, 2.75) is 38.6 Å². The Kier molecular flexibility index (Phi) is 4.14. The third kappa shape index (κ3) is 2.92. The first-order chi connectivity index (χ1) is 9.11. The second-order valence-electron chi connectivity index (χ2n) is 4.84. The van der Waals surface area contributed by atoms with Gasteiger partial charge in [-0.15, -0.1) is 0 Å². The third-order valence-corrected chi connectivity index (χ3v) is 3.54. The maximum absolute atomic E-state index is 12.5. The predicted octanol–water partition coefficient (Wildman–Crippen LogP) is 1.86. The summed E-state index contributed by atoms with van der Waals surface area (Å²) < 4.78 is 0. The molecule has 5 heteroatoms. The normalized spacial score (nSPS) is 19.8. The first kappa shape index (κ1) is 13.5. The molecule has 1 aliphatic rings. The van der Waals surface area contributed by atoms with Crippen molar-refractivity contribution in [2.75, 3.05) is 6.54 Å². The van der Waals surface area contributed by atoms with Crippen LogP contribution in [0.4, 0.5) is 0 Å². The highest BCUT2D eigenvalue weighted by Gasteiger charge is 2.31. The number of likely N-dealkylation sites (tertiary alicyclic amines) is 1. The quantitative estimate of drug-likeness (QED) is 0.883. The van der Waals surface area contributed by atoms with Gasteiger partial charge in [0, 0.05) is 18.4 Å². The van der Waals surface area contributed by atoms with Gasteiger partial charge in [-0.2, -0.15) is 0 Å². The second kappa shape index (κ2) is 5.82. The molecule has 0 bridgehead atoms. The number of nitrogens with zero attached hydrogens (tertiary/aromatic N) is 2. The molecule has 1 atom stereocenters. The van der Waals surface area contributed by atoms with Gasteiger partial charge in [0.05, 0.1) is 5.56 Å². The highest BCUT2D eigenvalue weighted by Crippen LogP contribution is 2.20. The topological polar surface area (TPSA) is 70.5 Å². The fourth-order valence-corrected chi connectivity index (χ4v) is 2.47. The lowest BCUT2D eigenvalue weighted by atomic mass is 10.1. The van der Waals surface area contributed by atoms with Crippen LogP contribution in [0.5, 0.6) is 0 Å². The number of pyridine rings is 1. The summed E-state index contributed by atoms with van der Waals surface area (Å²) in [6.45, 7) is 2.27. The molecule has 0 saturated carbocycles. The molecule has 1 aromatic heterocycles. The SMILES string of the molecule is Cc1ncccc1C(=O)N1CCCCCC1C(=O)O. The summed E-state index contributed by atoms with van der Waals surface area (Å²) in [5.41, 5.74) is 1.14. The number of aliphatic carboxylic acids is 1. The molecule has 1 aliphatic heterocycles. The molecule has 0 aliphatic carbocycles. The number of carbonyl (C=O) groups is 2. The first-order valence-corrected chi connectivity index (χ1v) is 6.56. The Hall–Kier alpha value is -1.91. The largest absolute Gasteiger partial charge is 0.480 e. The Bertz CT molecular complexity index is 487. The maximum Gasteiger partial charge on any atom is 0.326 e. The summed E-state index contributed by atoms with van der Waals surface area (Å²) in [5.74, 6) is -1.14. The fourth-order valence-electron chi connectivity index (χ4n) is 2.47. The third-order valence-electron chi connectivity index (χ3n) is 3.54. The fraction of sp³-hybridized carbons (Fsp3) is 0.500. The van der Waals surface area contributed by atoms with Crippen molar-refractivity contribution >= 4 is 11.9 Å². The van der Waals surface area contributed by atoms with E-state index in [4.69, 9.17) is 0 Å². The molecule has 2 heterocycles. The van der Waals surface area contributed by atoms with Gasteiger partial charge in [-0.3, -0.25) is 9.78 Å². The van der Waals surface area contributed by atoms with E-state index in [-0.39, 0.29) is 5.91 Å². The minimum atomic E-state index is -0.920. The number of amides is 1. The summed E-state index contributed by atoms with van der Waals surface area (Å²) in [4.78, 5) is 29.4. The average Bonchev–Trinajstić information content (AvgIpc) is 2.64. The molecule has 5 nitrogen and oxygen atoms in total. The zero-order chi connectivity index (χ0) is 13.8. The van der Waals surface area contributed by atoms with E-state index in [2.05, 4.69) is 4.98 Å². The second-order valence-corrected chi connectivity index (χ2v) is 4.84. The predicted molar refractivity (Wildman–Crippen MR) is 69.9 cm³/mol. The van der Waals surface area contributed by atoms with Gasteiger partial charge in [0.1, 0.15) is 6.04 Å². The van der Waals surface area contributed by atoms with Crippen LogP contribution in [0.15, 0.2) is 18.3 Å². The van der Waals surface area contributed by atoms with Crippen LogP contribution in [-0.2, 0) is 4.79 Å². The highest BCUT2D eigenvalue weighted by atomic mass is 16.4. The van der Waals surface area contributed by atoms with Crippen molar-refractivity contribution in [2.24, 2.45) is 0 Å². The van der Waals surface area contributed by atoms with Gasteiger partial charge in [0.25, 0.3) is 5.91 Å². The summed E-state index contributed by atoms with van der Waals surface area (Å²) >= 11 is 0. The number of carboxylic acid groups (broad SMARTS) is 1. The molecule has 0 radical (unpaired) electrons. The van der Waals surface area contributed by atoms with Gasteiger partial charge in [-0.05, 0) is 31.9 Å². The molecule has 1 fully saturated rings. The standard InChI is InChI=1S/C14H18N2O3/c1-10-11(6-5-8-15-10)13(17)16-9-4-2-3-7-12(16)14(18)19/h5-6,8,12H,2-4,7,9H2,1H3,(H,18,19). The van der Waals surface area contributed by atoms with Crippen molar-refractivity contribution < 1.29 is 14.7 Å². The van der Waals surface area contributed by atoms with E-state index in [1.165, 1.54) is 4.90 Å². The van der Waals surface area contributed by atoms with E-state index in [1.54, 1.807) is 25.3 Å². The first-order valence-electron chi connectivity index (χ1n) is 6.56. The summed E-state index contributed by atoms with van der Waals surface area (Å²) in [5, 5.41) is 9.29. The Labute approximate surface area is 112 Å². The van der Waals surface area contributed by atoms with Crippen LogP contribution in [0.1, 0.15) is 41.7 Å². The van der Waals surface area contributed by atoms with E-state index in [1.807, 2.05) is 0 Å². The summed E-state index contributed by atoms with van der Waals surface area (Å²) in [6, 6.07) is 2.69. The molecular weight excluding hydrogens is 244 g/mol. The van der Waals surface area contributed by atoms with Crippen LogP contribution >= 0.6 is 0 Å². The number of carboxylic acids is 1. The van der Waals surface area contributed by atoms with Crippen LogP contribution in [0, 0.1) is 6.92 Å². The lowest BCUT2D eigenvalue weighted by molar-refractivity contribution is -0.142. The monoisotopic (exact) mass is 262 g/mol. The molecule has 1 N–H and O–H groups in total. The maximum atomic E-state index is 12.5. The molecule has 102 valence electrons. The average molecular weight is 262 g/mol. The minimum absolute atomic E-state index is 0.222. The zero-order valence-electron chi connectivity index (χ0n) is 11.0. The number of rotatable bonds is 2. The van der Waals surface area contributed by atoms with E-state index in [0.717, 1.165) is 19.3 Å². The van der Waals surface area contributed by atoms with Crippen molar-refractivity contribution in [3.8, 4) is 0 Å². The molecule has 1 amide bonds. The minimum Gasteiger partial charge on any atom is -0.480 e. The smallest absolute Gasteiger partial charge is 0.326 e. The van der Waals surface area contributed by atoms with Crippen LogP contribution < -0.4 is 0 Å². The number of aromatic nitrogens is 1. The summed E-state index contributed by atoms with van der Waals surface area (Å²) in [6.07, 6.45) is 4.84. The highest BCUT2D eigenvalue weighted by molar-refractivity contribution is 5.97. The number of carbonyl (C=O) groups excluding carboxylic acids is 1. The number of aryl methyl sites for hydroxylation is 1. The van der Waals surface area contributed by atoms with Crippen LogP contribution in [-0.4, -0.2) is 39.5 Å². The lowest BCUT2D eigenvalue weighted by Gasteiger charge is -2.27. The van der Waals surface area contributed by atoms with Gasteiger partial charge in [-0.25, -0.2) is 4.79 Å². The van der Waals surface area contributed by atoms with Crippen molar-refractivity contribution in [3.05, 3.63) is 29.6 Å². The van der Waals surface area contributed by atoms with Crippen LogP contribution in [0.3, 0.4) is 0 Å². The molecular formula is C14H18N2O3. The van der Waals surface area contributed by atoms with Crippen molar-refractivity contribution in [1.29, 1.82) is 0 Å². The van der Waals surface area contributed by atoms with Crippen molar-refractivity contribution in [3.63, 3.8) is 0 Å². The molecule has 1 unspecified atom stereocenters. The number of hydrogen-bond donors (Lipinski definition) is 1. The Morgan fingerprint density at radius 3 is 2.84 bits per heavy atom. The lowest BCUT2D eigenvalue weighted by Crippen LogP contribution is -2.44. The van der Waals surface area contributed by atoms with E-state index >= 15 is 0 Å². The molecule has 2 rings (SSSR count). The van der Waals surface area contributed by atoms with E-state index < -0.39 is 12.0 Å². The zero-order valence-corrected chi connectivity index (χ0v) is 11.0. The molecule has 1 aromatic rings. The Morgan fingerprint density at radius 2 is 2.16 bits per heavy atom. The van der Waals surface area contributed by atoms with Crippen LogP contribution in [0.2, 0.25) is 0 Å². The van der Waals surface area contributed by atoms with Gasteiger partial charge in [-0.1, -0.05) is 12.8 Å². The molecule has 0 aromatic carbocycles. The van der Waals surface area contributed by atoms with Gasteiger partial charge in [0.2, 0.25) is 0 Å². The molecule has 19 heavy (non-hydrogen) atoms.